The average Bonchev–Trinajstić information content (AvgIpc) is 3.19. The Hall–Kier alpha value is -3.27. The second-order valence-electron chi connectivity index (χ2n) is 7.17. The first kappa shape index (κ1) is 20.0. The van der Waals surface area contributed by atoms with Gasteiger partial charge in [0.1, 0.15) is 10.7 Å². The third-order valence-electron chi connectivity index (χ3n) is 5.06. The molecule has 2 aromatic heterocycles. The molecule has 2 aromatic carbocycles. The van der Waals surface area contributed by atoms with E-state index in [9.17, 15) is 10.1 Å². The zero-order chi connectivity index (χ0) is 21.1. The van der Waals surface area contributed by atoms with Gasteiger partial charge in [0.25, 0.3) is 5.56 Å². The number of aromatic nitrogens is 2. The van der Waals surface area contributed by atoms with Crippen LogP contribution in [0.15, 0.2) is 58.7 Å². The van der Waals surface area contributed by atoms with Crippen LogP contribution in [-0.2, 0) is 17.7 Å². The van der Waals surface area contributed by atoms with Gasteiger partial charge in [-0.3, -0.25) is 9.36 Å². The van der Waals surface area contributed by atoms with Crippen LogP contribution in [0.5, 0.6) is 0 Å². The summed E-state index contributed by atoms with van der Waals surface area (Å²) in [6.07, 6.45) is 0.539. The molecule has 0 fully saturated rings. The van der Waals surface area contributed by atoms with E-state index in [1.807, 2.05) is 54.8 Å². The van der Waals surface area contributed by atoms with Crippen molar-refractivity contribution < 1.29 is 4.74 Å². The monoisotopic (exact) mass is 415 g/mol. The molecule has 0 atom stereocenters. The van der Waals surface area contributed by atoms with Crippen molar-refractivity contribution in [2.45, 2.75) is 19.9 Å². The lowest BCUT2D eigenvalue weighted by Gasteiger charge is -2.13. The molecule has 4 rings (SSSR count). The number of nitriles is 1. The smallest absolute Gasteiger partial charge is 0.263 e. The Kier molecular flexibility index (Phi) is 5.75. The third-order valence-corrected chi connectivity index (χ3v) is 5.93. The average molecular weight is 416 g/mol. The van der Waals surface area contributed by atoms with E-state index in [2.05, 4.69) is 6.07 Å². The number of rotatable bonds is 6. The van der Waals surface area contributed by atoms with Crippen molar-refractivity contribution in [1.29, 1.82) is 5.26 Å². The van der Waals surface area contributed by atoms with Crippen LogP contribution in [0.4, 0.5) is 0 Å². The lowest BCUT2D eigenvalue weighted by molar-refractivity contribution is 0.199. The number of hydrogen-bond acceptors (Lipinski definition) is 5. The molecule has 5 nitrogen and oxygen atoms in total. The topological polar surface area (TPSA) is 67.9 Å². The maximum absolute atomic E-state index is 13.6. The Morgan fingerprint density at radius 3 is 2.73 bits per heavy atom. The molecule has 0 unspecified atom stereocenters. The Bertz CT molecular complexity index is 1300. The van der Waals surface area contributed by atoms with Gasteiger partial charge in [-0.05, 0) is 30.2 Å². The number of nitrogens with zero attached hydrogens (tertiary/aromatic N) is 3. The van der Waals surface area contributed by atoms with Gasteiger partial charge in [-0.1, -0.05) is 42.0 Å². The minimum absolute atomic E-state index is 0.0645. The molecule has 0 aliphatic heterocycles. The summed E-state index contributed by atoms with van der Waals surface area (Å²) in [5, 5.41) is 11.8. The summed E-state index contributed by atoms with van der Waals surface area (Å²) in [5.41, 5.74) is 4.49. The van der Waals surface area contributed by atoms with Gasteiger partial charge in [0.15, 0.2) is 0 Å². The van der Waals surface area contributed by atoms with Crippen LogP contribution in [0.2, 0.25) is 0 Å². The van der Waals surface area contributed by atoms with Gasteiger partial charge in [-0.15, -0.1) is 11.3 Å². The number of benzene rings is 2. The van der Waals surface area contributed by atoms with Crippen LogP contribution >= 0.6 is 11.3 Å². The second-order valence-corrected chi connectivity index (χ2v) is 8.03. The summed E-state index contributed by atoms with van der Waals surface area (Å²) < 4.78 is 6.94. The van der Waals surface area contributed by atoms with Crippen molar-refractivity contribution in [2.75, 3.05) is 13.7 Å². The summed E-state index contributed by atoms with van der Waals surface area (Å²) in [6, 6.07) is 17.7. The van der Waals surface area contributed by atoms with Gasteiger partial charge < -0.3 is 4.74 Å². The summed E-state index contributed by atoms with van der Waals surface area (Å²) >= 11 is 1.49. The second kappa shape index (κ2) is 8.62. The Morgan fingerprint density at radius 2 is 2.00 bits per heavy atom. The van der Waals surface area contributed by atoms with E-state index in [1.165, 1.54) is 16.9 Å². The van der Waals surface area contributed by atoms with Gasteiger partial charge in [0, 0.05) is 24.5 Å². The standard InChI is InChI=1S/C24H21N3O2S/c1-16-6-8-19(9-7-16)20-15-30-23-22(20)24(28)27(21(26-23)10-11-29-2)14-18-5-3-4-17(12-18)13-25/h3-9,12,15H,10-11,14H2,1-2H3. The first-order valence-corrected chi connectivity index (χ1v) is 10.5. The molecule has 6 heteroatoms. The number of ether oxygens (including phenoxy) is 1. The van der Waals surface area contributed by atoms with Crippen molar-refractivity contribution in [1.82, 2.24) is 9.55 Å². The van der Waals surface area contributed by atoms with Crippen LogP contribution in [0, 0.1) is 18.3 Å². The van der Waals surface area contributed by atoms with Crippen molar-refractivity contribution in [3.05, 3.63) is 86.8 Å². The number of methoxy groups -OCH3 is 1. The lowest BCUT2D eigenvalue weighted by Crippen LogP contribution is -2.26. The van der Waals surface area contributed by atoms with Gasteiger partial charge >= 0.3 is 0 Å². The van der Waals surface area contributed by atoms with E-state index in [0.717, 1.165) is 21.5 Å². The summed E-state index contributed by atoms with van der Waals surface area (Å²) in [5.74, 6) is 0.689. The summed E-state index contributed by atoms with van der Waals surface area (Å²) in [7, 11) is 1.64. The summed E-state index contributed by atoms with van der Waals surface area (Å²) in [4.78, 5) is 19.2. The van der Waals surface area contributed by atoms with Crippen LogP contribution in [0.3, 0.4) is 0 Å². The Labute approximate surface area is 178 Å². The van der Waals surface area contributed by atoms with Crippen LogP contribution in [0.25, 0.3) is 21.3 Å². The highest BCUT2D eigenvalue weighted by Crippen LogP contribution is 2.31. The van der Waals surface area contributed by atoms with Crippen LogP contribution in [-0.4, -0.2) is 23.3 Å². The van der Waals surface area contributed by atoms with Gasteiger partial charge in [-0.2, -0.15) is 5.26 Å². The molecule has 0 saturated carbocycles. The molecule has 0 aliphatic rings. The number of hydrogen-bond donors (Lipinski definition) is 0. The van der Waals surface area contributed by atoms with Gasteiger partial charge in [0.05, 0.1) is 30.2 Å². The fourth-order valence-electron chi connectivity index (χ4n) is 3.48. The van der Waals surface area contributed by atoms with Gasteiger partial charge in [0.2, 0.25) is 0 Å². The predicted molar refractivity (Wildman–Crippen MR) is 120 cm³/mol. The molecule has 30 heavy (non-hydrogen) atoms. The van der Waals surface area contributed by atoms with E-state index in [1.54, 1.807) is 17.7 Å². The highest BCUT2D eigenvalue weighted by atomic mass is 32.1. The van der Waals surface area contributed by atoms with Crippen molar-refractivity contribution in [2.24, 2.45) is 0 Å². The van der Waals surface area contributed by atoms with Crippen LogP contribution in [0.1, 0.15) is 22.5 Å². The third kappa shape index (κ3) is 3.90. The molecule has 0 amide bonds. The van der Waals surface area contributed by atoms with E-state index >= 15 is 0 Å². The Morgan fingerprint density at radius 1 is 1.20 bits per heavy atom. The quantitative estimate of drug-likeness (QED) is 0.464. The minimum Gasteiger partial charge on any atom is -0.384 e. The van der Waals surface area contributed by atoms with E-state index in [4.69, 9.17) is 9.72 Å². The highest BCUT2D eigenvalue weighted by molar-refractivity contribution is 7.17. The number of fused-ring (bicyclic) bond motifs is 1. The van der Waals surface area contributed by atoms with E-state index in [0.29, 0.717) is 36.3 Å². The predicted octanol–water partition coefficient (Wildman–Crippen LogP) is 4.54. The van der Waals surface area contributed by atoms with Crippen LogP contribution < -0.4 is 5.56 Å². The normalized spacial score (nSPS) is 11.0. The molecule has 0 spiro atoms. The molecular formula is C24H21N3O2S. The fourth-order valence-corrected chi connectivity index (χ4v) is 4.44. The largest absolute Gasteiger partial charge is 0.384 e. The molecule has 0 radical (unpaired) electrons. The first-order valence-electron chi connectivity index (χ1n) is 9.66. The summed E-state index contributed by atoms with van der Waals surface area (Å²) in [6.45, 7) is 2.88. The fraction of sp³-hybridized carbons (Fsp3) is 0.208. The van der Waals surface area contributed by atoms with E-state index in [-0.39, 0.29) is 5.56 Å². The zero-order valence-corrected chi connectivity index (χ0v) is 17.7. The first-order chi connectivity index (χ1) is 14.6. The Balaban J connectivity index is 1.88. The number of aryl methyl sites for hydroxylation is 1. The highest BCUT2D eigenvalue weighted by Gasteiger charge is 2.17. The molecular weight excluding hydrogens is 394 g/mol. The lowest BCUT2D eigenvalue weighted by atomic mass is 10.0. The molecule has 4 aromatic rings. The maximum atomic E-state index is 13.6. The molecule has 0 saturated heterocycles. The SMILES string of the molecule is COCCc1nc2scc(-c3ccc(C)cc3)c2c(=O)n1Cc1cccc(C#N)c1. The van der Waals surface area contributed by atoms with Crippen molar-refractivity contribution >= 4 is 21.6 Å². The zero-order valence-electron chi connectivity index (χ0n) is 16.9. The van der Waals surface area contributed by atoms with Crippen molar-refractivity contribution in [3.63, 3.8) is 0 Å². The molecule has 2 heterocycles. The molecule has 0 bridgehead atoms. The van der Waals surface area contributed by atoms with Crippen molar-refractivity contribution in [3.8, 4) is 17.2 Å². The molecule has 150 valence electrons. The number of thiophene rings is 1. The molecule has 0 N–H and O–H groups in total. The van der Waals surface area contributed by atoms with E-state index < -0.39 is 0 Å². The van der Waals surface area contributed by atoms with Gasteiger partial charge in [-0.25, -0.2) is 4.98 Å². The molecule has 0 aliphatic carbocycles. The minimum atomic E-state index is -0.0645. The maximum Gasteiger partial charge on any atom is 0.263 e.